The first kappa shape index (κ1) is 15.9. The van der Waals surface area contributed by atoms with Gasteiger partial charge in [-0.05, 0) is 42.5 Å². The van der Waals surface area contributed by atoms with Crippen LogP contribution in [0.1, 0.15) is 55.1 Å². The number of halogens is 2. The van der Waals surface area contributed by atoms with Gasteiger partial charge in [0.15, 0.2) is 0 Å². The van der Waals surface area contributed by atoms with Crippen LogP contribution < -0.4 is 0 Å². The van der Waals surface area contributed by atoms with Gasteiger partial charge in [0.1, 0.15) is 5.82 Å². The molecule has 1 aromatic heterocycles. The number of aromatic nitrogens is 2. The highest BCUT2D eigenvalue weighted by Gasteiger charge is 2.15. The zero-order valence-corrected chi connectivity index (χ0v) is 13.6. The Hall–Kier alpha value is -1.48. The molecule has 0 spiro atoms. The van der Waals surface area contributed by atoms with Gasteiger partial charge in [0.05, 0.1) is 11.4 Å². The van der Waals surface area contributed by atoms with Gasteiger partial charge in [-0.25, -0.2) is 4.39 Å². The molecule has 0 fully saturated rings. The molecule has 2 rings (SSSR count). The van der Waals surface area contributed by atoms with Crippen molar-refractivity contribution < 1.29 is 4.39 Å². The summed E-state index contributed by atoms with van der Waals surface area (Å²) in [6.45, 7) is 7.92. The number of benzene rings is 1. The number of nitrogens with zero attached hydrogens (tertiary/aromatic N) is 2. The van der Waals surface area contributed by atoms with Gasteiger partial charge in [-0.2, -0.15) is 0 Å². The predicted molar refractivity (Wildman–Crippen MR) is 84.4 cm³/mol. The van der Waals surface area contributed by atoms with E-state index in [9.17, 15) is 4.39 Å². The average Bonchev–Trinajstić information content (AvgIpc) is 2.42. The molecule has 21 heavy (non-hydrogen) atoms. The molecule has 1 aromatic carbocycles. The van der Waals surface area contributed by atoms with Crippen molar-refractivity contribution in [1.29, 1.82) is 0 Å². The quantitative estimate of drug-likeness (QED) is 0.790. The lowest BCUT2D eigenvalue weighted by Crippen LogP contribution is -2.05. The molecular weight excluding hydrogens is 287 g/mol. The molecule has 2 nitrogen and oxygen atoms in total. The van der Waals surface area contributed by atoms with E-state index in [1.54, 1.807) is 24.5 Å². The van der Waals surface area contributed by atoms with E-state index in [0.717, 1.165) is 17.0 Å². The molecule has 0 saturated carbocycles. The van der Waals surface area contributed by atoms with Crippen LogP contribution in [0.15, 0.2) is 24.5 Å². The van der Waals surface area contributed by atoms with Crippen LogP contribution in [0.4, 0.5) is 4.39 Å². The minimum Gasteiger partial charge on any atom is -0.258 e. The van der Waals surface area contributed by atoms with Gasteiger partial charge >= 0.3 is 0 Å². The number of aryl methyl sites for hydroxylation is 1. The third kappa shape index (κ3) is 3.79. The van der Waals surface area contributed by atoms with Crippen LogP contribution in [0.3, 0.4) is 0 Å². The topological polar surface area (TPSA) is 25.8 Å². The van der Waals surface area contributed by atoms with E-state index in [4.69, 9.17) is 11.6 Å². The maximum Gasteiger partial charge on any atom is 0.126 e. The van der Waals surface area contributed by atoms with Crippen LogP contribution in [0, 0.1) is 12.7 Å². The summed E-state index contributed by atoms with van der Waals surface area (Å²) in [4.78, 5) is 8.59. The van der Waals surface area contributed by atoms with Gasteiger partial charge in [0.25, 0.3) is 0 Å². The minimum absolute atomic E-state index is 0.0913. The van der Waals surface area contributed by atoms with Crippen LogP contribution in [-0.4, -0.2) is 9.97 Å². The fourth-order valence-corrected chi connectivity index (χ4v) is 2.70. The van der Waals surface area contributed by atoms with E-state index in [0.29, 0.717) is 17.0 Å². The molecule has 0 aliphatic rings. The molecule has 0 aliphatic heterocycles. The summed E-state index contributed by atoms with van der Waals surface area (Å²) in [7, 11) is 0. The SMILES string of the molecule is Cc1cnc(C(C)Cc2cc(Cl)c(C(C)C)cc2F)cn1. The first-order chi connectivity index (χ1) is 9.88. The summed E-state index contributed by atoms with van der Waals surface area (Å²) in [5.74, 6) is 0.102. The van der Waals surface area contributed by atoms with E-state index in [1.807, 2.05) is 27.7 Å². The van der Waals surface area contributed by atoms with E-state index in [2.05, 4.69) is 9.97 Å². The Morgan fingerprint density at radius 2 is 1.86 bits per heavy atom. The van der Waals surface area contributed by atoms with Crippen molar-refractivity contribution in [3.05, 3.63) is 57.9 Å². The number of hydrogen-bond acceptors (Lipinski definition) is 2. The fraction of sp³-hybridized carbons (Fsp3) is 0.412. The molecular formula is C17H20ClFN2. The number of rotatable bonds is 4. The summed E-state index contributed by atoms with van der Waals surface area (Å²) >= 11 is 6.25. The molecule has 0 radical (unpaired) electrons. The van der Waals surface area contributed by atoms with Crippen molar-refractivity contribution in [3.8, 4) is 0 Å². The molecule has 112 valence electrons. The molecule has 1 atom stereocenters. The standard InChI is InChI=1S/C17H20ClFN2/c1-10(2)14-7-16(19)13(6-15(14)18)5-11(3)17-9-20-12(4)8-21-17/h6-11H,5H2,1-4H3. The van der Waals surface area contributed by atoms with Crippen molar-refractivity contribution >= 4 is 11.6 Å². The fourth-order valence-electron chi connectivity index (χ4n) is 2.29. The molecule has 0 aliphatic carbocycles. The van der Waals surface area contributed by atoms with Gasteiger partial charge in [-0.3, -0.25) is 9.97 Å². The van der Waals surface area contributed by atoms with Crippen LogP contribution in [0.25, 0.3) is 0 Å². The lowest BCUT2D eigenvalue weighted by atomic mass is 9.95. The zero-order chi connectivity index (χ0) is 15.6. The Morgan fingerprint density at radius 3 is 2.43 bits per heavy atom. The predicted octanol–water partition coefficient (Wildman–Crippen LogP) is 5.05. The van der Waals surface area contributed by atoms with Crippen molar-refractivity contribution in [2.45, 2.75) is 46.0 Å². The highest BCUT2D eigenvalue weighted by atomic mass is 35.5. The highest BCUT2D eigenvalue weighted by molar-refractivity contribution is 6.31. The largest absolute Gasteiger partial charge is 0.258 e. The molecule has 0 amide bonds. The second-order valence-corrected chi connectivity index (χ2v) is 6.21. The van der Waals surface area contributed by atoms with Crippen LogP contribution in [0.5, 0.6) is 0 Å². The smallest absolute Gasteiger partial charge is 0.126 e. The van der Waals surface area contributed by atoms with E-state index >= 15 is 0 Å². The van der Waals surface area contributed by atoms with E-state index < -0.39 is 0 Å². The van der Waals surface area contributed by atoms with Gasteiger partial charge in [-0.1, -0.05) is 32.4 Å². The normalized spacial score (nSPS) is 12.7. The highest BCUT2D eigenvalue weighted by Crippen LogP contribution is 2.29. The summed E-state index contributed by atoms with van der Waals surface area (Å²) in [5, 5.41) is 0.628. The zero-order valence-electron chi connectivity index (χ0n) is 12.8. The van der Waals surface area contributed by atoms with Gasteiger partial charge < -0.3 is 0 Å². The Morgan fingerprint density at radius 1 is 1.14 bits per heavy atom. The molecule has 0 saturated heterocycles. The molecule has 1 unspecified atom stereocenters. The minimum atomic E-state index is -0.199. The molecule has 1 heterocycles. The second kappa shape index (κ2) is 6.52. The number of hydrogen-bond donors (Lipinski definition) is 0. The summed E-state index contributed by atoms with van der Waals surface area (Å²) in [6, 6.07) is 3.29. The lowest BCUT2D eigenvalue weighted by molar-refractivity contribution is 0.591. The third-order valence-corrected chi connectivity index (χ3v) is 3.95. The average molecular weight is 307 g/mol. The summed E-state index contributed by atoms with van der Waals surface area (Å²) in [5.41, 5.74) is 3.21. The van der Waals surface area contributed by atoms with Gasteiger partial charge in [0.2, 0.25) is 0 Å². The molecule has 4 heteroatoms. The van der Waals surface area contributed by atoms with E-state index in [1.165, 1.54) is 0 Å². The van der Waals surface area contributed by atoms with Gasteiger partial charge in [0, 0.05) is 23.3 Å². The van der Waals surface area contributed by atoms with Crippen molar-refractivity contribution in [1.82, 2.24) is 9.97 Å². The Bertz CT molecular complexity index is 623. The van der Waals surface area contributed by atoms with Crippen molar-refractivity contribution in [2.75, 3.05) is 0 Å². The van der Waals surface area contributed by atoms with Crippen LogP contribution in [0.2, 0.25) is 5.02 Å². The first-order valence-electron chi connectivity index (χ1n) is 7.14. The summed E-state index contributed by atoms with van der Waals surface area (Å²) < 4.78 is 14.2. The van der Waals surface area contributed by atoms with Crippen molar-refractivity contribution in [2.24, 2.45) is 0 Å². The maximum atomic E-state index is 14.2. The summed E-state index contributed by atoms with van der Waals surface area (Å²) in [6.07, 6.45) is 4.04. The molecule has 2 aromatic rings. The first-order valence-corrected chi connectivity index (χ1v) is 7.52. The monoisotopic (exact) mass is 306 g/mol. The molecule has 0 N–H and O–H groups in total. The Kier molecular flexibility index (Phi) is 4.94. The Balaban J connectivity index is 2.23. The third-order valence-electron chi connectivity index (χ3n) is 3.62. The lowest BCUT2D eigenvalue weighted by Gasteiger charge is -2.15. The van der Waals surface area contributed by atoms with Crippen LogP contribution >= 0.6 is 11.6 Å². The molecule has 0 bridgehead atoms. The van der Waals surface area contributed by atoms with Gasteiger partial charge in [-0.15, -0.1) is 0 Å². The second-order valence-electron chi connectivity index (χ2n) is 5.81. The van der Waals surface area contributed by atoms with E-state index in [-0.39, 0.29) is 17.7 Å². The van der Waals surface area contributed by atoms with Crippen LogP contribution in [-0.2, 0) is 6.42 Å². The van der Waals surface area contributed by atoms with Crippen molar-refractivity contribution in [3.63, 3.8) is 0 Å². The maximum absolute atomic E-state index is 14.2. The Labute approximate surface area is 130 Å².